The maximum atomic E-state index is 18.2. The standard InChI is InChI=1S/C12F10.4C12H5F6.C8H19N.Al/c13-3-1(4(14)8(18)11(21)7(3)17)2-5(15)9(19)12(22)10(20)6(2)16;4*1-2-4-5-3-6(13)9(15)10(16)7(5)11(17)12(18)8(4)14;1-4-6-8(3)7-9-5-2;/h;4*2H2,1H3;8-9H,4-7H2,1-3H3;/q;;;;;;-1/p+1. The summed E-state index contributed by atoms with van der Waals surface area (Å²) in [6, 6.07) is 0. The van der Waals surface area contributed by atoms with Crippen LogP contribution in [0.4, 0.5) is 149 Å². The van der Waals surface area contributed by atoms with E-state index < -0.39 is 331 Å². The van der Waals surface area contributed by atoms with Gasteiger partial charge in [-0.3, -0.25) is 0 Å². The third-order valence-electron chi connectivity index (χ3n) is 17.6. The van der Waals surface area contributed by atoms with Crippen LogP contribution in [0, 0.1) is 204 Å². The Kier molecular flexibility index (Phi) is 23.4. The van der Waals surface area contributed by atoms with Crippen LogP contribution in [0.5, 0.6) is 0 Å². The molecule has 558 valence electrons. The Morgan fingerprint density at radius 3 is 0.567 bits per heavy atom. The second-order valence-electron chi connectivity index (χ2n) is 23.1. The molecule has 0 saturated heterocycles. The van der Waals surface area contributed by atoms with Crippen molar-refractivity contribution in [1.82, 2.24) is 0 Å². The maximum absolute atomic E-state index is 18.2. The number of benzene rings is 10. The van der Waals surface area contributed by atoms with Crippen LogP contribution in [0.3, 0.4) is 0 Å². The second-order valence-corrected chi connectivity index (χ2v) is 27.1. The summed E-state index contributed by atoms with van der Waals surface area (Å²) < 4.78 is 518. The van der Waals surface area contributed by atoms with E-state index >= 15 is 105 Å². The van der Waals surface area contributed by atoms with Gasteiger partial charge in [0.25, 0.3) is 13.1 Å². The van der Waals surface area contributed by atoms with Crippen molar-refractivity contribution in [2.24, 2.45) is 5.92 Å². The predicted molar refractivity (Wildman–Crippen MR) is 309 cm³/mol. The summed E-state index contributed by atoms with van der Waals surface area (Å²) in [5, 5.41) is -17.3. The van der Waals surface area contributed by atoms with Crippen molar-refractivity contribution in [3.05, 3.63) is 220 Å². The molecule has 104 heavy (non-hydrogen) atoms. The molecule has 0 bridgehead atoms. The molecule has 2 N–H and O–H groups in total. The first-order valence-corrected chi connectivity index (χ1v) is 32.5. The normalized spacial score (nSPS) is 12.2. The molecule has 1 nitrogen and oxygen atoms in total. The van der Waals surface area contributed by atoms with Gasteiger partial charge in [0.2, 0.25) is 11.6 Å². The van der Waals surface area contributed by atoms with E-state index in [1.807, 2.05) is 0 Å². The molecule has 0 aliphatic heterocycles. The van der Waals surface area contributed by atoms with Crippen LogP contribution in [0.1, 0.15) is 83.6 Å². The van der Waals surface area contributed by atoms with E-state index in [-0.39, 0.29) is 0 Å². The minimum atomic E-state index is -9.34. The number of nitrogens with two attached hydrogens (primary N) is 1. The Morgan fingerprint density at radius 1 is 0.221 bits per heavy atom. The molecule has 10 aromatic carbocycles. The van der Waals surface area contributed by atoms with Crippen LogP contribution >= 0.6 is 0 Å². The van der Waals surface area contributed by atoms with E-state index in [1.165, 1.54) is 25.9 Å². The molecule has 0 aliphatic carbocycles. The molecule has 0 radical (unpaired) electrons. The molecule has 0 amide bonds. The lowest BCUT2D eigenvalue weighted by Gasteiger charge is -2.45. The van der Waals surface area contributed by atoms with Gasteiger partial charge in [0, 0.05) is 5.92 Å². The van der Waals surface area contributed by atoms with Gasteiger partial charge in [-0.05, 0) is 82.8 Å². The summed E-state index contributed by atoms with van der Waals surface area (Å²) in [5.41, 5.74) is -12.0. The number of aryl methyl sites for hydroxylation is 4. The fourth-order valence-electron chi connectivity index (χ4n) is 13.1. The minimum absolute atomic E-state index is 0.618. The van der Waals surface area contributed by atoms with E-state index in [9.17, 15) is 43.9 Å². The van der Waals surface area contributed by atoms with Gasteiger partial charge in [0.05, 0.1) is 45.8 Å². The van der Waals surface area contributed by atoms with Crippen LogP contribution in [-0.4, -0.2) is 26.2 Å². The summed E-state index contributed by atoms with van der Waals surface area (Å²) in [6.45, 7) is 11.8. The summed E-state index contributed by atoms with van der Waals surface area (Å²) in [4.78, 5) is 0. The Bertz CT molecular complexity index is 4630. The van der Waals surface area contributed by atoms with Crippen molar-refractivity contribution in [3.8, 4) is 11.1 Å². The Labute approximate surface area is 564 Å². The van der Waals surface area contributed by atoms with Crippen LogP contribution in [0.15, 0.2) is 0 Å². The molecular weight excluding hydrogens is 1500 g/mol. The van der Waals surface area contributed by atoms with Crippen molar-refractivity contribution in [1.29, 1.82) is 0 Å². The summed E-state index contributed by atoms with van der Waals surface area (Å²) >= 11 is -9.34. The molecule has 0 heterocycles. The highest BCUT2D eigenvalue weighted by molar-refractivity contribution is 7.23. The smallest absolute Gasteiger partial charge is 0.286 e. The number of fused-ring (bicyclic) bond motifs is 4. The quantitative estimate of drug-likeness (QED) is 0.0484. The third kappa shape index (κ3) is 11.9. The first kappa shape index (κ1) is 81.0. The lowest BCUT2D eigenvalue weighted by Crippen LogP contribution is -2.84. The molecule has 0 aromatic heterocycles. The molecular formula is C68H40AlF34N. The van der Waals surface area contributed by atoms with Crippen LogP contribution in [0.25, 0.3) is 54.2 Å². The van der Waals surface area contributed by atoms with E-state index in [0.717, 1.165) is 5.92 Å². The van der Waals surface area contributed by atoms with Crippen molar-refractivity contribution in [3.63, 3.8) is 0 Å². The van der Waals surface area contributed by atoms with Crippen molar-refractivity contribution in [2.75, 3.05) is 13.1 Å². The van der Waals surface area contributed by atoms with Gasteiger partial charge < -0.3 is 5.32 Å². The van der Waals surface area contributed by atoms with Crippen LogP contribution in [0.2, 0.25) is 0 Å². The van der Waals surface area contributed by atoms with Gasteiger partial charge in [-0.25, -0.2) is 149 Å². The topological polar surface area (TPSA) is 16.6 Å². The first-order chi connectivity index (χ1) is 48.6. The van der Waals surface area contributed by atoms with Crippen molar-refractivity contribution >= 4 is 73.9 Å². The summed E-state index contributed by atoms with van der Waals surface area (Å²) in [6.07, 6.45) is -3.09. The highest BCUT2D eigenvalue weighted by atomic mass is 27.2. The monoisotopic (exact) mass is 1540 g/mol. The zero-order valence-corrected chi connectivity index (χ0v) is 54.4. The lowest BCUT2D eigenvalue weighted by atomic mass is 9.98. The highest BCUT2D eigenvalue weighted by Crippen LogP contribution is 2.44. The van der Waals surface area contributed by atoms with Gasteiger partial charge in [-0.2, -0.15) is 17.7 Å². The largest absolute Gasteiger partial charge is 0.346 e. The summed E-state index contributed by atoms with van der Waals surface area (Å²) in [7, 11) is 0. The number of halogens is 34. The molecule has 0 spiro atoms. The molecule has 0 saturated carbocycles. The van der Waals surface area contributed by atoms with Crippen LogP contribution < -0.4 is 23.0 Å². The molecule has 0 fully saturated rings. The molecule has 36 heteroatoms. The highest BCUT2D eigenvalue weighted by Gasteiger charge is 2.54. The van der Waals surface area contributed by atoms with Gasteiger partial charge in [-0.1, -0.05) is 48.0 Å². The lowest BCUT2D eigenvalue weighted by molar-refractivity contribution is -0.657. The number of hydrogen-bond acceptors (Lipinski definition) is 0. The van der Waals surface area contributed by atoms with E-state index in [1.54, 1.807) is 0 Å². The van der Waals surface area contributed by atoms with E-state index in [0.29, 0.717) is 27.7 Å². The molecule has 1 atom stereocenters. The maximum Gasteiger partial charge on any atom is 0.286 e. The van der Waals surface area contributed by atoms with Gasteiger partial charge in [-0.15, -0.1) is 0 Å². The fourth-order valence-corrected chi connectivity index (χ4v) is 19.9. The van der Waals surface area contributed by atoms with Crippen molar-refractivity contribution < 1.29 is 155 Å². The third-order valence-corrected chi connectivity index (χ3v) is 23.2. The number of hydrogen-bond donors (Lipinski definition) is 1. The predicted octanol–water partition coefficient (Wildman–Crippen LogP) is 19.0. The summed E-state index contributed by atoms with van der Waals surface area (Å²) in [5.74, 6) is -100.0. The molecule has 10 aromatic rings. The van der Waals surface area contributed by atoms with Gasteiger partial charge >= 0.3 is 0 Å². The molecule has 1 unspecified atom stereocenters. The van der Waals surface area contributed by atoms with E-state index in [2.05, 4.69) is 26.1 Å². The Morgan fingerprint density at radius 2 is 0.394 bits per heavy atom. The number of quaternary nitrogens is 1. The SMILES string of the molecule is CCCC(C)C[NH2+]CC.CCc1c(F)c(F)c(F)c2c(F)c(F)c(F)[c]([Al-]([c]3c(F)c(F)c(F)c4c(F)c(F)c(F)c(CC)c34)([c]3c(F)c(F)c(F)c4c(F)c(F)c(F)c(CC)c34)[c]3c(F)c(F)c(F)c4c(F)c(F)c(F)c(CC)c34)c12.Fc1c(F)c(F)c(-c2c(F)c(F)c(F)c(F)c2F)c(F)c1F. The minimum Gasteiger partial charge on any atom is -0.346 e. The Balaban J connectivity index is 0.000000363. The van der Waals surface area contributed by atoms with Crippen LogP contribution in [-0.2, 0) is 25.7 Å². The zero-order valence-electron chi connectivity index (χ0n) is 53.2. The fraction of sp³-hybridized carbons (Fsp3) is 0.235. The van der Waals surface area contributed by atoms with E-state index in [4.69, 9.17) is 0 Å². The zero-order chi connectivity index (χ0) is 78.5. The second kappa shape index (κ2) is 30.1. The Hall–Kier alpha value is -8.65. The molecule has 10 rings (SSSR count). The first-order valence-electron chi connectivity index (χ1n) is 30.2. The molecule has 0 aliphatic rings. The van der Waals surface area contributed by atoms with Gasteiger partial charge in [0.1, 0.15) is 23.3 Å². The van der Waals surface area contributed by atoms with Gasteiger partial charge in [0.15, 0.2) is 163 Å². The average Bonchev–Trinajstić information content (AvgIpc) is 0.660. The average molecular weight is 1540 g/mol. The van der Waals surface area contributed by atoms with Crippen molar-refractivity contribution in [2.45, 2.75) is 87.0 Å². The number of rotatable bonds is 14.